The van der Waals surface area contributed by atoms with Gasteiger partial charge in [0, 0.05) is 37.3 Å². The number of nitrogens with one attached hydrogen (secondary N) is 1. The van der Waals surface area contributed by atoms with E-state index in [0.29, 0.717) is 41.7 Å². The number of amides is 3. The Bertz CT molecular complexity index is 992. The molecule has 2 heterocycles. The molecule has 1 unspecified atom stereocenters. The van der Waals surface area contributed by atoms with Gasteiger partial charge in [-0.3, -0.25) is 14.4 Å². The second-order valence-electron chi connectivity index (χ2n) is 7.41. The maximum Gasteiger partial charge on any atom is 0.229 e. The summed E-state index contributed by atoms with van der Waals surface area (Å²) in [5.41, 5.74) is 1.92. The SMILES string of the molecule is COc1ccc(N2CC(C(=O)Nc3ccc(N4CCCC4=O)c(Cl)c3)CC2=O)cc1. The third-order valence-electron chi connectivity index (χ3n) is 5.46. The Balaban J connectivity index is 1.42. The van der Waals surface area contributed by atoms with E-state index >= 15 is 0 Å². The molecule has 0 aromatic heterocycles. The summed E-state index contributed by atoms with van der Waals surface area (Å²) < 4.78 is 5.14. The normalized spacial score (nSPS) is 18.8. The summed E-state index contributed by atoms with van der Waals surface area (Å²) in [6.07, 6.45) is 1.48. The van der Waals surface area contributed by atoms with E-state index in [0.717, 1.165) is 12.1 Å². The highest BCUT2D eigenvalue weighted by Gasteiger charge is 2.35. The van der Waals surface area contributed by atoms with Crippen LogP contribution >= 0.6 is 11.6 Å². The summed E-state index contributed by atoms with van der Waals surface area (Å²) in [4.78, 5) is 40.4. The Morgan fingerprint density at radius 2 is 1.87 bits per heavy atom. The Morgan fingerprint density at radius 1 is 1.10 bits per heavy atom. The third kappa shape index (κ3) is 3.98. The lowest BCUT2D eigenvalue weighted by atomic mass is 10.1. The highest BCUT2D eigenvalue weighted by molar-refractivity contribution is 6.34. The number of carbonyl (C=O) groups excluding carboxylic acids is 3. The molecule has 4 rings (SSSR count). The van der Waals surface area contributed by atoms with Gasteiger partial charge in [-0.05, 0) is 48.9 Å². The highest BCUT2D eigenvalue weighted by atomic mass is 35.5. The van der Waals surface area contributed by atoms with Gasteiger partial charge in [0.25, 0.3) is 0 Å². The van der Waals surface area contributed by atoms with Crippen LogP contribution in [0.25, 0.3) is 0 Å². The zero-order valence-electron chi connectivity index (χ0n) is 16.6. The lowest BCUT2D eigenvalue weighted by Crippen LogP contribution is -2.28. The first kappa shape index (κ1) is 20.2. The quantitative estimate of drug-likeness (QED) is 0.792. The molecular formula is C22H22ClN3O4. The number of rotatable bonds is 5. The molecule has 0 saturated carbocycles. The van der Waals surface area contributed by atoms with Crippen LogP contribution in [0.2, 0.25) is 5.02 Å². The van der Waals surface area contributed by atoms with Gasteiger partial charge in [-0.15, -0.1) is 0 Å². The fourth-order valence-corrected chi connectivity index (χ4v) is 4.13. The molecule has 1 atom stereocenters. The maximum absolute atomic E-state index is 12.7. The second kappa shape index (κ2) is 8.36. The number of ether oxygens (including phenoxy) is 1. The van der Waals surface area contributed by atoms with E-state index in [9.17, 15) is 14.4 Å². The molecule has 0 bridgehead atoms. The van der Waals surface area contributed by atoms with Gasteiger partial charge in [-0.2, -0.15) is 0 Å². The number of benzene rings is 2. The van der Waals surface area contributed by atoms with E-state index in [1.807, 2.05) is 0 Å². The summed E-state index contributed by atoms with van der Waals surface area (Å²) in [5.74, 6) is -0.0349. The Morgan fingerprint density at radius 3 is 2.50 bits per heavy atom. The first-order valence-corrected chi connectivity index (χ1v) is 10.2. The second-order valence-corrected chi connectivity index (χ2v) is 7.81. The highest BCUT2D eigenvalue weighted by Crippen LogP contribution is 2.32. The number of methoxy groups -OCH3 is 1. The minimum absolute atomic E-state index is 0.0526. The molecule has 7 nitrogen and oxygen atoms in total. The van der Waals surface area contributed by atoms with Crippen molar-refractivity contribution in [2.24, 2.45) is 5.92 Å². The molecule has 8 heteroatoms. The van der Waals surface area contributed by atoms with Crippen molar-refractivity contribution in [3.63, 3.8) is 0 Å². The topological polar surface area (TPSA) is 79.0 Å². The van der Waals surface area contributed by atoms with Gasteiger partial charge in [-0.1, -0.05) is 11.6 Å². The fourth-order valence-electron chi connectivity index (χ4n) is 3.85. The van der Waals surface area contributed by atoms with Crippen molar-refractivity contribution in [1.82, 2.24) is 0 Å². The van der Waals surface area contributed by atoms with Crippen molar-refractivity contribution < 1.29 is 19.1 Å². The Hall–Kier alpha value is -3.06. The van der Waals surface area contributed by atoms with Crippen LogP contribution in [0, 0.1) is 5.92 Å². The minimum atomic E-state index is -0.460. The lowest BCUT2D eigenvalue weighted by Gasteiger charge is -2.19. The monoisotopic (exact) mass is 427 g/mol. The Labute approximate surface area is 179 Å². The largest absolute Gasteiger partial charge is 0.497 e. The summed E-state index contributed by atoms with van der Waals surface area (Å²) in [6.45, 7) is 0.959. The molecule has 1 N–H and O–H groups in total. The summed E-state index contributed by atoms with van der Waals surface area (Å²) in [7, 11) is 1.58. The van der Waals surface area contributed by atoms with Crippen LogP contribution in [0.4, 0.5) is 17.1 Å². The molecule has 2 aromatic carbocycles. The van der Waals surface area contributed by atoms with E-state index in [4.69, 9.17) is 16.3 Å². The molecule has 2 aliphatic heterocycles. The first-order chi connectivity index (χ1) is 14.5. The van der Waals surface area contributed by atoms with Gasteiger partial charge < -0.3 is 19.9 Å². The van der Waals surface area contributed by atoms with Crippen molar-refractivity contribution in [3.05, 3.63) is 47.5 Å². The number of carbonyl (C=O) groups is 3. The van der Waals surface area contributed by atoms with E-state index in [-0.39, 0.29) is 24.1 Å². The van der Waals surface area contributed by atoms with Crippen LogP contribution < -0.4 is 19.9 Å². The zero-order valence-corrected chi connectivity index (χ0v) is 17.3. The van der Waals surface area contributed by atoms with E-state index in [1.54, 1.807) is 59.4 Å². The minimum Gasteiger partial charge on any atom is -0.497 e. The maximum atomic E-state index is 12.7. The van der Waals surface area contributed by atoms with Gasteiger partial charge in [0.15, 0.2) is 0 Å². The van der Waals surface area contributed by atoms with Gasteiger partial charge in [0.2, 0.25) is 17.7 Å². The molecule has 30 heavy (non-hydrogen) atoms. The van der Waals surface area contributed by atoms with Gasteiger partial charge in [0.05, 0.1) is 23.7 Å². The van der Waals surface area contributed by atoms with E-state index in [2.05, 4.69) is 5.32 Å². The van der Waals surface area contributed by atoms with E-state index in [1.165, 1.54) is 0 Å². The molecule has 0 radical (unpaired) electrons. The van der Waals surface area contributed by atoms with E-state index < -0.39 is 5.92 Å². The number of hydrogen-bond donors (Lipinski definition) is 1. The predicted molar refractivity (Wildman–Crippen MR) is 115 cm³/mol. The average Bonchev–Trinajstić information content (AvgIpc) is 3.34. The van der Waals surface area contributed by atoms with Crippen LogP contribution in [0.1, 0.15) is 19.3 Å². The summed E-state index contributed by atoms with van der Waals surface area (Å²) in [6, 6.07) is 12.3. The van der Waals surface area contributed by atoms with Crippen molar-refractivity contribution in [2.75, 3.05) is 35.3 Å². The predicted octanol–water partition coefficient (Wildman–Crippen LogP) is 3.47. The van der Waals surface area contributed by atoms with Crippen molar-refractivity contribution in [2.45, 2.75) is 19.3 Å². The van der Waals surface area contributed by atoms with Gasteiger partial charge in [0.1, 0.15) is 5.75 Å². The van der Waals surface area contributed by atoms with Crippen molar-refractivity contribution in [1.29, 1.82) is 0 Å². The molecular weight excluding hydrogens is 406 g/mol. The number of halogens is 1. The number of hydrogen-bond acceptors (Lipinski definition) is 4. The average molecular weight is 428 g/mol. The lowest BCUT2D eigenvalue weighted by molar-refractivity contribution is -0.122. The summed E-state index contributed by atoms with van der Waals surface area (Å²) in [5, 5.41) is 3.25. The fraction of sp³-hybridized carbons (Fsp3) is 0.318. The van der Waals surface area contributed by atoms with Gasteiger partial charge >= 0.3 is 0 Å². The van der Waals surface area contributed by atoms with Crippen molar-refractivity contribution in [3.8, 4) is 5.75 Å². The zero-order chi connectivity index (χ0) is 21.3. The van der Waals surface area contributed by atoms with Crippen LogP contribution in [-0.4, -0.2) is 37.9 Å². The summed E-state index contributed by atoms with van der Waals surface area (Å²) >= 11 is 6.35. The van der Waals surface area contributed by atoms with Crippen LogP contribution in [0.5, 0.6) is 5.75 Å². The molecule has 2 saturated heterocycles. The third-order valence-corrected chi connectivity index (χ3v) is 5.76. The molecule has 2 aromatic rings. The van der Waals surface area contributed by atoms with Crippen LogP contribution in [0.3, 0.4) is 0 Å². The molecule has 156 valence electrons. The molecule has 0 aliphatic carbocycles. The van der Waals surface area contributed by atoms with Crippen LogP contribution in [0.15, 0.2) is 42.5 Å². The van der Waals surface area contributed by atoms with Crippen LogP contribution in [-0.2, 0) is 14.4 Å². The van der Waals surface area contributed by atoms with Crippen molar-refractivity contribution >= 4 is 46.4 Å². The number of nitrogens with zero attached hydrogens (tertiary/aromatic N) is 2. The smallest absolute Gasteiger partial charge is 0.229 e. The first-order valence-electron chi connectivity index (χ1n) is 9.81. The molecule has 2 fully saturated rings. The molecule has 3 amide bonds. The number of anilines is 3. The standard InChI is InChI=1S/C22H22ClN3O4/c1-30-17-7-5-16(6-8-17)26-13-14(11-21(26)28)22(29)24-15-4-9-19(18(23)12-15)25-10-2-3-20(25)27/h4-9,12,14H,2-3,10-11,13H2,1H3,(H,24,29). The van der Waals surface area contributed by atoms with Gasteiger partial charge in [-0.25, -0.2) is 0 Å². The molecule has 2 aliphatic rings. The Kier molecular flexibility index (Phi) is 5.63. The molecule has 0 spiro atoms.